The van der Waals surface area contributed by atoms with E-state index in [1.807, 2.05) is 58.0 Å². The molecule has 3 heterocycles. The summed E-state index contributed by atoms with van der Waals surface area (Å²) in [5.41, 5.74) is 4.25. The maximum atomic E-state index is 14.0. The molecule has 5 rings (SSSR count). The summed E-state index contributed by atoms with van der Waals surface area (Å²) in [6.45, 7) is 9.96. The molecule has 1 aliphatic rings. The molecule has 0 saturated carbocycles. The van der Waals surface area contributed by atoms with Gasteiger partial charge in [0.15, 0.2) is 16.3 Å². The van der Waals surface area contributed by atoms with Gasteiger partial charge in [-0.05, 0) is 87.4 Å². The van der Waals surface area contributed by atoms with Crippen molar-refractivity contribution >= 4 is 29.4 Å². The minimum Gasteiger partial charge on any atom is -0.490 e. The summed E-state index contributed by atoms with van der Waals surface area (Å²) in [7, 11) is 1.30. The molecule has 0 amide bonds. The van der Waals surface area contributed by atoms with Crippen LogP contribution in [0.2, 0.25) is 0 Å². The summed E-state index contributed by atoms with van der Waals surface area (Å²) in [4.78, 5) is 43.2. The maximum absolute atomic E-state index is 14.0. The van der Waals surface area contributed by atoms with Gasteiger partial charge in [-0.2, -0.15) is 0 Å². The number of carbonyl (C=O) groups is 2. The van der Waals surface area contributed by atoms with Gasteiger partial charge in [0.1, 0.15) is 5.75 Å². The second-order valence-corrected chi connectivity index (χ2v) is 11.0. The van der Waals surface area contributed by atoms with Crippen LogP contribution in [-0.2, 0) is 14.3 Å². The lowest BCUT2D eigenvalue weighted by molar-refractivity contribution is -0.136. The molecule has 10 nitrogen and oxygen atoms in total. The highest BCUT2D eigenvalue weighted by atomic mass is 32.1. The Labute approximate surface area is 258 Å². The molecule has 228 valence electrons. The molecule has 0 saturated heterocycles. The number of esters is 2. The lowest BCUT2D eigenvalue weighted by atomic mass is 9.97. The van der Waals surface area contributed by atoms with E-state index in [2.05, 4.69) is 9.56 Å². The van der Waals surface area contributed by atoms with Crippen molar-refractivity contribution in [3.8, 4) is 22.9 Å². The Hall–Kier alpha value is -4.90. The highest BCUT2D eigenvalue weighted by molar-refractivity contribution is 7.07. The van der Waals surface area contributed by atoms with Crippen LogP contribution in [0.25, 0.3) is 11.8 Å². The Morgan fingerprint density at radius 2 is 1.70 bits per heavy atom. The van der Waals surface area contributed by atoms with Gasteiger partial charge in [0, 0.05) is 30.2 Å². The molecular formula is C33H33N3O7S. The van der Waals surface area contributed by atoms with Gasteiger partial charge in [-0.25, -0.2) is 9.79 Å². The Kier molecular flexibility index (Phi) is 8.86. The molecule has 2 aromatic carbocycles. The third-order valence-electron chi connectivity index (χ3n) is 7.12. The number of benzene rings is 2. The average Bonchev–Trinajstić information content (AvgIpc) is 3.47. The Balaban J connectivity index is 1.61. The van der Waals surface area contributed by atoms with Crippen molar-refractivity contribution in [2.75, 3.05) is 20.3 Å². The molecule has 0 fully saturated rings. The zero-order chi connectivity index (χ0) is 31.5. The van der Waals surface area contributed by atoms with Gasteiger partial charge in [-0.1, -0.05) is 17.4 Å². The highest BCUT2D eigenvalue weighted by Crippen LogP contribution is 2.35. The fraction of sp³-hybridized carbons (Fsp3) is 0.273. The molecule has 11 heteroatoms. The van der Waals surface area contributed by atoms with Gasteiger partial charge in [-0.3, -0.25) is 14.2 Å². The number of hydrogen-bond acceptors (Lipinski definition) is 9. The number of ether oxygens (including phenoxy) is 4. The summed E-state index contributed by atoms with van der Waals surface area (Å²) < 4.78 is 25.8. The van der Waals surface area contributed by atoms with Gasteiger partial charge < -0.3 is 23.5 Å². The van der Waals surface area contributed by atoms with Crippen molar-refractivity contribution < 1.29 is 28.5 Å². The third kappa shape index (κ3) is 5.83. The van der Waals surface area contributed by atoms with Crippen LogP contribution in [0, 0.1) is 13.8 Å². The first-order valence-corrected chi connectivity index (χ1v) is 14.9. The minimum absolute atomic E-state index is 0.230. The van der Waals surface area contributed by atoms with E-state index >= 15 is 0 Å². The Morgan fingerprint density at radius 3 is 2.36 bits per heavy atom. The number of aryl methyl sites for hydroxylation is 1. The fourth-order valence-electron chi connectivity index (χ4n) is 5.29. The molecule has 0 aliphatic carbocycles. The van der Waals surface area contributed by atoms with E-state index in [1.165, 1.54) is 36.1 Å². The lowest BCUT2D eigenvalue weighted by Crippen LogP contribution is -2.39. The number of methoxy groups -OCH3 is 1. The number of thiazole rings is 1. The van der Waals surface area contributed by atoms with Gasteiger partial charge in [0.25, 0.3) is 5.56 Å². The van der Waals surface area contributed by atoms with E-state index in [-0.39, 0.29) is 17.1 Å². The number of nitrogens with zero attached hydrogens (tertiary/aromatic N) is 3. The largest absolute Gasteiger partial charge is 0.490 e. The number of hydrogen-bond donors (Lipinski definition) is 0. The predicted molar refractivity (Wildman–Crippen MR) is 166 cm³/mol. The normalized spacial score (nSPS) is 14.4. The lowest BCUT2D eigenvalue weighted by Gasteiger charge is -2.23. The van der Waals surface area contributed by atoms with E-state index in [0.29, 0.717) is 45.4 Å². The van der Waals surface area contributed by atoms with Crippen LogP contribution >= 0.6 is 11.3 Å². The molecule has 1 atom stereocenters. The quantitative estimate of drug-likeness (QED) is 0.206. The molecule has 0 N–H and O–H groups in total. The zero-order valence-corrected chi connectivity index (χ0v) is 26.2. The molecule has 2 aromatic heterocycles. The average molecular weight is 616 g/mol. The molecule has 0 spiro atoms. The van der Waals surface area contributed by atoms with Crippen LogP contribution in [-0.4, -0.2) is 41.4 Å². The van der Waals surface area contributed by atoms with Crippen LogP contribution < -0.4 is 29.1 Å². The SMILES string of the molecule is CCOc1ccc([C@@H]2C(C(=O)OC)=CN=c3s/c(=C\c4cc(C)n(-c5ccc(OC(C)=O)cc5)c4C)c(=O)n32)cc1OCC. The van der Waals surface area contributed by atoms with E-state index in [9.17, 15) is 14.4 Å². The van der Waals surface area contributed by atoms with E-state index < -0.39 is 12.0 Å². The number of fused-ring (bicyclic) bond motifs is 1. The third-order valence-corrected chi connectivity index (χ3v) is 8.12. The minimum atomic E-state index is -0.779. The van der Waals surface area contributed by atoms with Gasteiger partial charge >= 0.3 is 11.9 Å². The first-order chi connectivity index (χ1) is 21.2. The standard InChI is InChI=1S/C33H33N3O7S/c1-7-41-27-14-9-22(16-28(27)42-8-2)30-26(32(39)40-6)18-34-33-36(30)31(38)29(44-33)17-23-15-19(3)35(20(23)4)24-10-12-25(13-11-24)43-21(5)37/h9-18,30H,7-8H2,1-6H3/b29-17-/t30-/m1/s1. The summed E-state index contributed by atoms with van der Waals surface area (Å²) in [6, 6.07) is 13.8. The smallest absolute Gasteiger partial charge is 0.337 e. The number of aromatic nitrogens is 2. The molecule has 0 bridgehead atoms. The Bertz CT molecular complexity index is 1950. The van der Waals surface area contributed by atoms with Crippen molar-refractivity contribution in [1.82, 2.24) is 9.13 Å². The monoisotopic (exact) mass is 615 g/mol. The molecule has 0 radical (unpaired) electrons. The first kappa shape index (κ1) is 30.6. The van der Waals surface area contributed by atoms with Crippen molar-refractivity contribution in [3.05, 3.63) is 103 Å². The summed E-state index contributed by atoms with van der Waals surface area (Å²) in [5.74, 6) is 0.594. The summed E-state index contributed by atoms with van der Waals surface area (Å²) in [5, 5.41) is 0. The van der Waals surface area contributed by atoms with Crippen LogP contribution in [0.4, 0.5) is 0 Å². The van der Waals surface area contributed by atoms with Crippen LogP contribution in [0.3, 0.4) is 0 Å². The van der Waals surface area contributed by atoms with Crippen LogP contribution in [0.15, 0.2) is 70.1 Å². The van der Waals surface area contributed by atoms with Crippen molar-refractivity contribution in [3.63, 3.8) is 0 Å². The van der Waals surface area contributed by atoms with Crippen molar-refractivity contribution in [2.45, 2.75) is 40.7 Å². The topological polar surface area (TPSA) is 110 Å². The summed E-state index contributed by atoms with van der Waals surface area (Å²) >= 11 is 1.25. The molecule has 44 heavy (non-hydrogen) atoms. The molecule has 4 aromatic rings. The fourth-order valence-corrected chi connectivity index (χ4v) is 6.25. The number of rotatable bonds is 9. The first-order valence-electron chi connectivity index (χ1n) is 14.1. The van der Waals surface area contributed by atoms with E-state index in [0.717, 1.165) is 22.6 Å². The van der Waals surface area contributed by atoms with E-state index in [4.69, 9.17) is 18.9 Å². The van der Waals surface area contributed by atoms with E-state index in [1.54, 1.807) is 24.3 Å². The highest BCUT2D eigenvalue weighted by Gasteiger charge is 2.31. The second kappa shape index (κ2) is 12.8. The number of carbonyl (C=O) groups excluding carboxylic acids is 2. The summed E-state index contributed by atoms with van der Waals surface area (Å²) in [6.07, 6.45) is 3.31. The van der Waals surface area contributed by atoms with Crippen molar-refractivity contribution in [2.24, 2.45) is 4.99 Å². The molecule has 0 unspecified atom stereocenters. The zero-order valence-electron chi connectivity index (χ0n) is 25.4. The van der Waals surface area contributed by atoms with Gasteiger partial charge in [-0.15, -0.1) is 0 Å². The van der Waals surface area contributed by atoms with Crippen LogP contribution in [0.1, 0.15) is 49.3 Å². The molecule has 1 aliphatic heterocycles. The van der Waals surface area contributed by atoms with Gasteiger partial charge in [0.2, 0.25) is 0 Å². The van der Waals surface area contributed by atoms with Crippen LogP contribution in [0.5, 0.6) is 17.2 Å². The Morgan fingerprint density at radius 1 is 1.00 bits per heavy atom. The predicted octanol–water partition coefficient (Wildman–Crippen LogP) is 4.15. The van der Waals surface area contributed by atoms with Gasteiger partial charge in [0.05, 0.1) is 36.5 Å². The molecular weight excluding hydrogens is 582 g/mol. The van der Waals surface area contributed by atoms with Crippen molar-refractivity contribution in [1.29, 1.82) is 0 Å². The second-order valence-electron chi connectivity index (χ2n) is 10.00. The maximum Gasteiger partial charge on any atom is 0.337 e.